The van der Waals surface area contributed by atoms with Crippen LogP contribution in [0.25, 0.3) is 12.3 Å². The minimum Gasteiger partial charge on any atom is -0.481 e. The van der Waals surface area contributed by atoms with Gasteiger partial charge in [0, 0.05) is 42.4 Å². The van der Waals surface area contributed by atoms with Crippen LogP contribution in [-0.2, 0) is 17.6 Å². The first-order chi connectivity index (χ1) is 16.6. The predicted molar refractivity (Wildman–Crippen MR) is 137 cm³/mol. The minimum atomic E-state index is 0.0591. The summed E-state index contributed by atoms with van der Waals surface area (Å²) in [6.45, 7) is 7.88. The maximum Gasteiger partial charge on any atom is 0.234 e. The highest BCUT2D eigenvalue weighted by atomic mass is 32.2. The van der Waals surface area contributed by atoms with E-state index in [2.05, 4.69) is 46.2 Å². The lowest BCUT2D eigenvalue weighted by atomic mass is 10.2. The molecular weight excluding hydrogens is 446 g/mol. The first kappa shape index (κ1) is 22.3. The lowest BCUT2D eigenvalue weighted by molar-refractivity contribution is -0.113. The van der Waals surface area contributed by atoms with Crippen LogP contribution in [0.3, 0.4) is 0 Å². The van der Waals surface area contributed by atoms with Gasteiger partial charge in [-0.25, -0.2) is 9.67 Å². The van der Waals surface area contributed by atoms with Crippen molar-refractivity contribution in [3.8, 4) is 5.88 Å². The third-order valence-electron chi connectivity index (χ3n) is 6.08. The maximum absolute atomic E-state index is 11.8. The zero-order valence-electron chi connectivity index (χ0n) is 19.4. The number of carbonyl (C=O) groups excluding carboxylic acids is 1. The van der Waals surface area contributed by atoms with E-state index in [-0.39, 0.29) is 5.91 Å². The molecule has 1 N–H and O–H groups in total. The monoisotopic (exact) mass is 473 g/mol. The number of nitrogens with one attached hydrogen (secondary N) is 1. The number of rotatable bonds is 4. The van der Waals surface area contributed by atoms with Crippen LogP contribution in [0, 0.1) is 0 Å². The van der Waals surface area contributed by atoms with Crippen molar-refractivity contribution < 1.29 is 9.53 Å². The summed E-state index contributed by atoms with van der Waals surface area (Å²) in [5, 5.41) is 9.52. The van der Waals surface area contributed by atoms with Crippen molar-refractivity contribution in [3.05, 3.63) is 70.5 Å². The van der Waals surface area contributed by atoms with E-state index in [1.807, 2.05) is 35.9 Å². The Morgan fingerprint density at radius 3 is 2.91 bits per heavy atom. The van der Waals surface area contributed by atoms with Gasteiger partial charge in [0.2, 0.25) is 11.8 Å². The van der Waals surface area contributed by atoms with Crippen LogP contribution in [0.4, 0.5) is 11.4 Å². The number of anilines is 2. The number of hydrogen-bond donors (Lipinski definition) is 1. The zero-order chi connectivity index (χ0) is 23.7. The molecule has 2 aliphatic rings. The third kappa shape index (κ3) is 4.33. The molecule has 0 aliphatic carbocycles. The normalized spacial score (nSPS) is 16.5. The van der Waals surface area contributed by atoms with E-state index in [0.29, 0.717) is 11.6 Å². The van der Waals surface area contributed by atoms with E-state index in [1.54, 1.807) is 18.9 Å². The second kappa shape index (κ2) is 9.38. The van der Waals surface area contributed by atoms with Gasteiger partial charge in [0.05, 0.1) is 35.3 Å². The van der Waals surface area contributed by atoms with Crippen molar-refractivity contribution in [2.45, 2.75) is 24.7 Å². The van der Waals surface area contributed by atoms with Crippen molar-refractivity contribution in [1.29, 1.82) is 0 Å². The average molecular weight is 474 g/mol. The topological polar surface area (TPSA) is 72.3 Å². The average Bonchev–Trinajstić information content (AvgIpc) is 3.15. The van der Waals surface area contributed by atoms with Crippen molar-refractivity contribution in [3.63, 3.8) is 0 Å². The second-order valence-corrected chi connectivity index (χ2v) is 9.31. The van der Waals surface area contributed by atoms with E-state index >= 15 is 0 Å². The van der Waals surface area contributed by atoms with Crippen molar-refractivity contribution in [1.82, 2.24) is 14.8 Å². The summed E-state index contributed by atoms with van der Waals surface area (Å²) in [4.78, 5) is 19.9. The molecule has 0 saturated heterocycles. The van der Waals surface area contributed by atoms with Gasteiger partial charge in [-0.1, -0.05) is 12.7 Å². The second-order valence-electron chi connectivity index (χ2n) is 8.30. The molecule has 5 rings (SSSR count). The highest BCUT2D eigenvalue weighted by Crippen LogP contribution is 2.35. The first-order valence-corrected chi connectivity index (χ1v) is 12.3. The number of benzene rings is 1. The number of allylic oxidation sites excluding steroid dienone is 2. The fraction of sp³-hybridized carbons (Fsp3) is 0.269. The molecule has 4 heterocycles. The van der Waals surface area contributed by atoms with Gasteiger partial charge >= 0.3 is 0 Å². The molecule has 0 atom stereocenters. The summed E-state index contributed by atoms with van der Waals surface area (Å²) >= 11 is 1.59. The van der Waals surface area contributed by atoms with Crippen LogP contribution < -0.4 is 25.5 Å². The molecule has 0 unspecified atom stereocenters. The molecule has 0 radical (unpaired) electrons. The Morgan fingerprint density at radius 1 is 1.24 bits per heavy atom. The highest BCUT2D eigenvalue weighted by Gasteiger charge is 2.21. The molecule has 2 aliphatic heterocycles. The van der Waals surface area contributed by atoms with Crippen LogP contribution in [0.2, 0.25) is 0 Å². The van der Waals surface area contributed by atoms with Gasteiger partial charge in [0.1, 0.15) is 0 Å². The molecule has 0 saturated carbocycles. The number of fused-ring (bicyclic) bond motifs is 2. The number of carbonyl (C=O) groups is 1. The van der Waals surface area contributed by atoms with Crippen molar-refractivity contribution in [2.24, 2.45) is 0 Å². The number of methoxy groups -OCH3 is 1. The fourth-order valence-electron chi connectivity index (χ4n) is 4.35. The van der Waals surface area contributed by atoms with E-state index in [9.17, 15) is 4.79 Å². The zero-order valence-corrected chi connectivity index (χ0v) is 20.2. The van der Waals surface area contributed by atoms with Crippen LogP contribution in [0.1, 0.15) is 18.2 Å². The molecule has 8 heteroatoms. The Balaban J connectivity index is 1.43. The number of ether oxygens (including phenoxy) is 1. The largest absolute Gasteiger partial charge is 0.481 e. The Bertz CT molecular complexity index is 1370. The minimum absolute atomic E-state index is 0.0591. The molecule has 34 heavy (non-hydrogen) atoms. The molecule has 0 spiro atoms. The van der Waals surface area contributed by atoms with Crippen molar-refractivity contribution >= 4 is 41.3 Å². The Kier molecular flexibility index (Phi) is 6.15. The van der Waals surface area contributed by atoms with E-state index in [4.69, 9.17) is 9.84 Å². The third-order valence-corrected chi connectivity index (χ3v) is 7.16. The summed E-state index contributed by atoms with van der Waals surface area (Å²) in [5.41, 5.74) is 5.24. The number of aromatic nitrogens is 3. The van der Waals surface area contributed by atoms with Gasteiger partial charge in [-0.3, -0.25) is 4.79 Å². The van der Waals surface area contributed by atoms with Crippen LogP contribution in [0.15, 0.2) is 53.6 Å². The Labute approximate surface area is 202 Å². The number of thioether (sulfide) groups is 1. The van der Waals surface area contributed by atoms with Gasteiger partial charge in [-0.2, -0.15) is 5.10 Å². The molecule has 0 bridgehead atoms. The number of hydrogen-bond acceptors (Lipinski definition) is 6. The van der Waals surface area contributed by atoms with Gasteiger partial charge in [0.25, 0.3) is 0 Å². The molecular formula is C26H27N5O2S. The van der Waals surface area contributed by atoms with Gasteiger partial charge in [-0.05, 0) is 54.5 Å². The van der Waals surface area contributed by atoms with Crippen LogP contribution in [0.5, 0.6) is 5.88 Å². The molecule has 174 valence electrons. The maximum atomic E-state index is 11.8. The lowest BCUT2D eigenvalue weighted by Crippen LogP contribution is -2.31. The summed E-state index contributed by atoms with van der Waals surface area (Å²) in [5.74, 6) is 1.09. The molecule has 2 aromatic heterocycles. The van der Waals surface area contributed by atoms with Gasteiger partial charge in [0.15, 0.2) is 0 Å². The standard InChI is InChI=1S/C26H27N5O2S/c1-4-5-22(26-17(2)6-9-25(28-26)33-3)31-15-18-10-12-30(13-11-20(18)29-31)19-7-8-23-21(14-19)27-24(32)16-34-23/h4-9,14-15H,2,10-13,16H2,1,3H3,(H,27,32)/b5-4-,26-22-. The summed E-state index contributed by atoms with van der Waals surface area (Å²) in [6, 6.07) is 10.1. The van der Waals surface area contributed by atoms with Crippen LogP contribution >= 0.6 is 11.8 Å². The molecule has 3 aromatic rings. The summed E-state index contributed by atoms with van der Waals surface area (Å²) < 4.78 is 7.25. The molecule has 0 fully saturated rings. The number of amides is 1. The predicted octanol–water partition coefficient (Wildman–Crippen LogP) is 2.58. The SMILES string of the molecule is C=c1ccc(OC)n/c1=C(/C=C\C)n1cc2c(n1)CCN(c1ccc3c(c1)NC(=O)CS3)CC2. The lowest BCUT2D eigenvalue weighted by Gasteiger charge is -2.25. The van der Waals surface area contributed by atoms with E-state index in [0.717, 1.165) is 64.2 Å². The van der Waals surface area contributed by atoms with Crippen molar-refractivity contribution in [2.75, 3.05) is 36.2 Å². The van der Waals surface area contributed by atoms with E-state index < -0.39 is 0 Å². The van der Waals surface area contributed by atoms with Gasteiger partial charge < -0.3 is 15.0 Å². The van der Waals surface area contributed by atoms with E-state index in [1.165, 1.54) is 5.56 Å². The highest BCUT2D eigenvalue weighted by molar-refractivity contribution is 8.00. The molecule has 1 aromatic carbocycles. The fourth-order valence-corrected chi connectivity index (χ4v) is 5.14. The quantitative estimate of drug-likeness (QED) is 0.628. The summed E-state index contributed by atoms with van der Waals surface area (Å²) in [7, 11) is 1.61. The summed E-state index contributed by atoms with van der Waals surface area (Å²) in [6.07, 6.45) is 7.83. The van der Waals surface area contributed by atoms with Gasteiger partial charge in [-0.15, -0.1) is 11.8 Å². The smallest absolute Gasteiger partial charge is 0.234 e. The number of pyridine rings is 1. The molecule has 7 nitrogen and oxygen atoms in total. The van der Waals surface area contributed by atoms with Crippen LogP contribution in [-0.4, -0.2) is 46.6 Å². The first-order valence-electron chi connectivity index (χ1n) is 11.3. The Hall–Kier alpha value is -3.52. The Morgan fingerprint density at radius 2 is 2.09 bits per heavy atom. The number of nitrogens with zero attached hydrogens (tertiary/aromatic N) is 4. The molecule has 1 amide bonds.